The Morgan fingerprint density at radius 2 is 1.00 bits per heavy atom. The van der Waals surface area contributed by atoms with Crippen LogP contribution in [0, 0.1) is 0 Å². The molecule has 0 fully saturated rings. The average molecular weight is 452 g/mol. The predicted octanol–water partition coefficient (Wildman–Crippen LogP) is 3.17. The van der Waals surface area contributed by atoms with E-state index in [2.05, 4.69) is 42.5 Å². The van der Waals surface area contributed by atoms with Gasteiger partial charge < -0.3 is 10.6 Å². The lowest BCUT2D eigenvalue weighted by Gasteiger charge is -1.95. The molecule has 0 aromatic heterocycles. The number of nitrogens with one attached hydrogen (secondary N) is 2. The Morgan fingerprint density at radius 1 is 0.625 bits per heavy atom. The molecule has 2 aromatic carbocycles. The van der Waals surface area contributed by atoms with Gasteiger partial charge in [0.1, 0.15) is 0 Å². The molecule has 0 unspecified atom stereocenters. The SMILES string of the molecule is O=C1Nc2cc(Br)ccc2C1=O.O=C1Nc2cc(Br)ccc2C1=O. The molecule has 2 aliphatic heterocycles. The summed E-state index contributed by atoms with van der Waals surface area (Å²) < 4.78 is 1.69. The number of amides is 2. The van der Waals surface area contributed by atoms with E-state index in [9.17, 15) is 19.2 Å². The van der Waals surface area contributed by atoms with E-state index in [0.717, 1.165) is 8.95 Å². The third kappa shape index (κ3) is 3.02. The van der Waals surface area contributed by atoms with Crippen molar-refractivity contribution in [3.05, 3.63) is 56.5 Å². The quantitative estimate of drug-likeness (QED) is 0.601. The van der Waals surface area contributed by atoms with E-state index in [-0.39, 0.29) is 0 Å². The third-order valence-corrected chi connectivity index (χ3v) is 4.35. The van der Waals surface area contributed by atoms with Crippen molar-refractivity contribution >= 4 is 66.6 Å². The van der Waals surface area contributed by atoms with E-state index in [1.54, 1.807) is 36.4 Å². The zero-order valence-electron chi connectivity index (χ0n) is 11.9. The predicted molar refractivity (Wildman–Crippen MR) is 94.2 cm³/mol. The number of Topliss-reactive ketones (excluding diaryl/α,β-unsaturated/α-hetero) is 2. The third-order valence-electron chi connectivity index (χ3n) is 3.36. The summed E-state index contributed by atoms with van der Waals surface area (Å²) >= 11 is 6.48. The summed E-state index contributed by atoms with van der Waals surface area (Å²) in [7, 11) is 0. The van der Waals surface area contributed by atoms with Crippen LogP contribution in [0.1, 0.15) is 20.7 Å². The highest BCUT2D eigenvalue weighted by Crippen LogP contribution is 2.27. The van der Waals surface area contributed by atoms with E-state index < -0.39 is 23.4 Å². The molecule has 2 heterocycles. The molecule has 0 spiro atoms. The van der Waals surface area contributed by atoms with Crippen LogP contribution < -0.4 is 10.6 Å². The molecule has 0 saturated carbocycles. The van der Waals surface area contributed by atoms with E-state index in [1.165, 1.54) is 0 Å². The summed E-state index contributed by atoms with van der Waals surface area (Å²) in [5.74, 6) is -2.03. The molecule has 2 aliphatic rings. The zero-order valence-corrected chi connectivity index (χ0v) is 15.0. The number of carbonyl (C=O) groups excluding carboxylic acids is 4. The minimum atomic E-state index is -0.553. The van der Waals surface area contributed by atoms with E-state index >= 15 is 0 Å². The second-order valence-corrected chi connectivity index (χ2v) is 6.78. The maximum absolute atomic E-state index is 11.1. The number of hydrogen-bond acceptors (Lipinski definition) is 4. The monoisotopic (exact) mass is 450 g/mol. The van der Waals surface area contributed by atoms with Crippen LogP contribution in [0.3, 0.4) is 0 Å². The van der Waals surface area contributed by atoms with Crippen LogP contribution >= 0.6 is 31.9 Å². The molecule has 8 heteroatoms. The van der Waals surface area contributed by atoms with Crippen LogP contribution in [0.15, 0.2) is 45.3 Å². The number of benzene rings is 2. The Bertz CT molecular complexity index is 849. The van der Waals surface area contributed by atoms with Crippen molar-refractivity contribution < 1.29 is 19.2 Å². The number of ketones is 2. The van der Waals surface area contributed by atoms with Crippen LogP contribution in [-0.4, -0.2) is 23.4 Å². The molecule has 2 aromatic rings. The van der Waals surface area contributed by atoms with Gasteiger partial charge in [-0.2, -0.15) is 0 Å². The lowest BCUT2D eigenvalue weighted by atomic mass is 10.1. The summed E-state index contributed by atoms with van der Waals surface area (Å²) in [6.07, 6.45) is 0. The van der Waals surface area contributed by atoms with Gasteiger partial charge in [0, 0.05) is 8.95 Å². The van der Waals surface area contributed by atoms with Crippen molar-refractivity contribution in [2.24, 2.45) is 0 Å². The fourth-order valence-corrected chi connectivity index (χ4v) is 2.96. The Kier molecular flexibility index (Phi) is 4.33. The molecule has 6 nitrogen and oxygen atoms in total. The first-order valence-electron chi connectivity index (χ1n) is 6.67. The minimum absolute atomic E-state index is 0.447. The normalized spacial score (nSPS) is 14.4. The van der Waals surface area contributed by atoms with Gasteiger partial charge in [0.2, 0.25) is 0 Å². The molecule has 0 bridgehead atoms. The molecule has 2 amide bonds. The van der Waals surface area contributed by atoms with Crippen molar-refractivity contribution in [1.29, 1.82) is 0 Å². The van der Waals surface area contributed by atoms with Crippen molar-refractivity contribution in [2.45, 2.75) is 0 Å². The van der Waals surface area contributed by atoms with Gasteiger partial charge in [-0.3, -0.25) is 19.2 Å². The molecule has 0 atom stereocenters. The van der Waals surface area contributed by atoms with E-state index in [0.29, 0.717) is 22.5 Å². The van der Waals surface area contributed by atoms with Gasteiger partial charge in [0.15, 0.2) is 0 Å². The summed E-state index contributed by atoms with van der Waals surface area (Å²) in [5.41, 5.74) is 2.06. The van der Waals surface area contributed by atoms with Crippen LogP contribution in [-0.2, 0) is 9.59 Å². The first-order chi connectivity index (χ1) is 11.4. The first-order valence-corrected chi connectivity index (χ1v) is 8.26. The molecular formula is C16H8Br2N2O4. The maximum atomic E-state index is 11.1. The largest absolute Gasteiger partial charge is 0.318 e. The molecule has 24 heavy (non-hydrogen) atoms. The van der Waals surface area contributed by atoms with Crippen molar-refractivity contribution in [2.75, 3.05) is 10.6 Å². The van der Waals surface area contributed by atoms with Crippen LogP contribution in [0.4, 0.5) is 11.4 Å². The highest BCUT2D eigenvalue weighted by molar-refractivity contribution is 9.10. The molecule has 120 valence electrons. The summed E-state index contributed by atoms with van der Waals surface area (Å²) in [6, 6.07) is 10.1. The summed E-state index contributed by atoms with van der Waals surface area (Å²) in [6.45, 7) is 0. The molecule has 0 saturated heterocycles. The van der Waals surface area contributed by atoms with Crippen LogP contribution in [0.5, 0.6) is 0 Å². The van der Waals surface area contributed by atoms with Crippen molar-refractivity contribution in [3.63, 3.8) is 0 Å². The maximum Gasteiger partial charge on any atom is 0.296 e. The van der Waals surface area contributed by atoms with Gasteiger partial charge >= 0.3 is 0 Å². The standard InChI is InChI=1S/2C8H4BrNO2/c2*9-4-1-2-5-6(3-4)10-8(12)7(5)11/h2*1-3H,(H,10,11,12). The minimum Gasteiger partial charge on any atom is -0.318 e. The molecule has 0 aliphatic carbocycles. The Labute approximate surface area is 152 Å². The number of hydrogen-bond donors (Lipinski definition) is 2. The molecular weight excluding hydrogens is 444 g/mol. The Hall–Kier alpha value is -2.32. The fraction of sp³-hybridized carbons (Fsp3) is 0. The zero-order chi connectivity index (χ0) is 17.4. The topological polar surface area (TPSA) is 92.3 Å². The fourth-order valence-electron chi connectivity index (χ4n) is 2.24. The molecule has 4 rings (SSSR count). The highest BCUT2D eigenvalue weighted by Gasteiger charge is 2.28. The van der Waals surface area contributed by atoms with Gasteiger partial charge in [-0.05, 0) is 36.4 Å². The molecule has 0 radical (unpaired) electrons. The van der Waals surface area contributed by atoms with Gasteiger partial charge in [0.25, 0.3) is 23.4 Å². The second kappa shape index (κ2) is 6.29. The van der Waals surface area contributed by atoms with Gasteiger partial charge in [0.05, 0.1) is 22.5 Å². The second-order valence-electron chi connectivity index (χ2n) is 4.95. The number of fused-ring (bicyclic) bond motifs is 2. The van der Waals surface area contributed by atoms with E-state index in [1.807, 2.05) is 0 Å². The first kappa shape index (κ1) is 16.5. The number of anilines is 2. The summed E-state index contributed by atoms with van der Waals surface area (Å²) in [5, 5.41) is 4.94. The van der Waals surface area contributed by atoms with E-state index in [4.69, 9.17) is 0 Å². The lowest BCUT2D eigenvalue weighted by molar-refractivity contribution is -0.112. The van der Waals surface area contributed by atoms with Crippen molar-refractivity contribution in [1.82, 2.24) is 0 Å². The number of carbonyl (C=O) groups is 4. The number of halogens is 2. The number of rotatable bonds is 0. The van der Waals surface area contributed by atoms with Crippen molar-refractivity contribution in [3.8, 4) is 0 Å². The Balaban J connectivity index is 0.000000141. The molecule has 2 N–H and O–H groups in total. The van der Waals surface area contributed by atoms with Gasteiger partial charge in [-0.25, -0.2) is 0 Å². The highest BCUT2D eigenvalue weighted by atomic mass is 79.9. The van der Waals surface area contributed by atoms with Crippen LogP contribution in [0.25, 0.3) is 0 Å². The Morgan fingerprint density at radius 3 is 1.38 bits per heavy atom. The van der Waals surface area contributed by atoms with Gasteiger partial charge in [-0.1, -0.05) is 31.9 Å². The summed E-state index contributed by atoms with van der Waals surface area (Å²) in [4.78, 5) is 43.9. The lowest BCUT2D eigenvalue weighted by Crippen LogP contribution is -2.12. The average Bonchev–Trinajstić information content (AvgIpc) is 2.96. The van der Waals surface area contributed by atoms with Crippen LogP contribution in [0.2, 0.25) is 0 Å². The van der Waals surface area contributed by atoms with Gasteiger partial charge in [-0.15, -0.1) is 0 Å². The smallest absolute Gasteiger partial charge is 0.296 e.